The first-order valence-corrected chi connectivity index (χ1v) is 6.71. The molecule has 17 heavy (non-hydrogen) atoms. The van der Waals surface area contributed by atoms with Gasteiger partial charge in [0.25, 0.3) is 0 Å². The number of primary amides is 1. The van der Waals surface area contributed by atoms with E-state index in [1.54, 1.807) is 0 Å². The second-order valence-electron chi connectivity index (χ2n) is 5.96. The number of rotatable bonds is 6. The minimum Gasteiger partial charge on any atom is -0.378 e. The number of ether oxygens (including phenoxy) is 1. The van der Waals surface area contributed by atoms with Crippen LogP contribution in [0, 0.1) is 5.92 Å². The summed E-state index contributed by atoms with van der Waals surface area (Å²) in [4.78, 5) is 11.7. The van der Waals surface area contributed by atoms with E-state index < -0.39 is 5.54 Å². The third-order valence-electron chi connectivity index (χ3n) is 3.66. The molecule has 2 atom stereocenters. The summed E-state index contributed by atoms with van der Waals surface area (Å²) in [5.74, 6) is 0.329. The lowest BCUT2D eigenvalue weighted by Crippen LogP contribution is -2.54. The first-order chi connectivity index (χ1) is 8.02. The van der Waals surface area contributed by atoms with Crippen molar-refractivity contribution in [3.8, 4) is 0 Å². The van der Waals surface area contributed by atoms with Gasteiger partial charge in [-0.2, -0.15) is 0 Å². The van der Waals surface area contributed by atoms with Crippen molar-refractivity contribution >= 4 is 5.91 Å². The molecule has 0 radical (unpaired) electrons. The van der Waals surface area contributed by atoms with Crippen LogP contribution in [0.1, 0.15) is 46.0 Å². The highest BCUT2D eigenvalue weighted by Crippen LogP contribution is 2.35. The lowest BCUT2D eigenvalue weighted by molar-refractivity contribution is -0.124. The zero-order valence-corrected chi connectivity index (χ0v) is 10.9. The summed E-state index contributed by atoms with van der Waals surface area (Å²) in [5, 5.41) is 3.43. The Morgan fingerprint density at radius 3 is 2.71 bits per heavy atom. The van der Waals surface area contributed by atoms with Gasteiger partial charge in [0.15, 0.2) is 0 Å². The standard InChI is InChI=1S/C13H24N2O2/c1-9(2)8-17-11-5-6-13(7-11,12(14)16)15-10-3-4-10/h9-11,15H,3-8H2,1-2H3,(H2,14,16). The average molecular weight is 240 g/mol. The molecule has 0 saturated heterocycles. The van der Waals surface area contributed by atoms with Crippen LogP contribution in [-0.2, 0) is 9.53 Å². The monoisotopic (exact) mass is 240 g/mol. The SMILES string of the molecule is CC(C)COC1CCC(NC2CC2)(C(N)=O)C1. The van der Waals surface area contributed by atoms with Gasteiger partial charge < -0.3 is 15.8 Å². The van der Waals surface area contributed by atoms with Crippen LogP contribution >= 0.6 is 0 Å². The topological polar surface area (TPSA) is 64.3 Å². The van der Waals surface area contributed by atoms with E-state index in [1.165, 1.54) is 12.8 Å². The number of carbonyl (C=O) groups is 1. The van der Waals surface area contributed by atoms with Crippen LogP contribution in [0.15, 0.2) is 0 Å². The predicted octanol–water partition coefficient (Wildman–Crippen LogP) is 1.19. The zero-order chi connectivity index (χ0) is 12.5. The van der Waals surface area contributed by atoms with Gasteiger partial charge in [-0.15, -0.1) is 0 Å². The molecule has 0 spiro atoms. The van der Waals surface area contributed by atoms with Crippen molar-refractivity contribution in [3.05, 3.63) is 0 Å². The third kappa shape index (κ3) is 3.19. The number of nitrogens with two attached hydrogens (primary N) is 1. The van der Waals surface area contributed by atoms with Gasteiger partial charge in [-0.05, 0) is 31.6 Å². The van der Waals surface area contributed by atoms with Crippen LogP contribution in [0.4, 0.5) is 0 Å². The van der Waals surface area contributed by atoms with Crippen LogP contribution in [-0.4, -0.2) is 30.2 Å². The zero-order valence-electron chi connectivity index (χ0n) is 10.9. The minimum atomic E-state index is -0.497. The summed E-state index contributed by atoms with van der Waals surface area (Å²) >= 11 is 0. The average Bonchev–Trinajstić information content (AvgIpc) is 2.94. The molecule has 0 aromatic rings. The number of amides is 1. The lowest BCUT2D eigenvalue weighted by atomic mass is 9.96. The van der Waals surface area contributed by atoms with E-state index >= 15 is 0 Å². The highest BCUT2D eigenvalue weighted by atomic mass is 16.5. The maximum atomic E-state index is 11.7. The first-order valence-electron chi connectivity index (χ1n) is 6.71. The molecule has 2 saturated carbocycles. The molecule has 2 aliphatic rings. The Morgan fingerprint density at radius 1 is 1.47 bits per heavy atom. The Labute approximate surface area is 103 Å². The van der Waals surface area contributed by atoms with Crippen molar-refractivity contribution in [2.45, 2.75) is 63.6 Å². The molecule has 0 aliphatic heterocycles. The lowest BCUT2D eigenvalue weighted by Gasteiger charge is -2.27. The van der Waals surface area contributed by atoms with E-state index in [1.807, 2.05) is 0 Å². The fourth-order valence-electron chi connectivity index (χ4n) is 2.52. The molecule has 2 fully saturated rings. The van der Waals surface area contributed by atoms with Gasteiger partial charge in [-0.25, -0.2) is 0 Å². The summed E-state index contributed by atoms with van der Waals surface area (Å²) in [6.07, 6.45) is 5.04. The molecule has 2 aliphatic carbocycles. The second-order valence-corrected chi connectivity index (χ2v) is 5.96. The molecule has 0 aromatic carbocycles. The summed E-state index contributed by atoms with van der Waals surface area (Å²) in [7, 11) is 0. The summed E-state index contributed by atoms with van der Waals surface area (Å²) in [5.41, 5.74) is 5.07. The van der Waals surface area contributed by atoms with Crippen LogP contribution < -0.4 is 11.1 Å². The van der Waals surface area contributed by atoms with Gasteiger partial charge >= 0.3 is 0 Å². The maximum Gasteiger partial charge on any atom is 0.237 e. The van der Waals surface area contributed by atoms with E-state index in [0.717, 1.165) is 25.9 Å². The Bertz CT molecular complexity index is 289. The predicted molar refractivity (Wildman–Crippen MR) is 66.5 cm³/mol. The minimum absolute atomic E-state index is 0.191. The van der Waals surface area contributed by atoms with Gasteiger partial charge in [0.1, 0.15) is 5.54 Å². The summed E-state index contributed by atoms with van der Waals surface area (Å²) < 4.78 is 5.82. The molecule has 2 unspecified atom stereocenters. The van der Waals surface area contributed by atoms with E-state index in [2.05, 4.69) is 19.2 Å². The first kappa shape index (κ1) is 12.8. The van der Waals surface area contributed by atoms with Gasteiger partial charge in [0.05, 0.1) is 6.10 Å². The highest BCUT2D eigenvalue weighted by molar-refractivity contribution is 5.85. The van der Waals surface area contributed by atoms with Gasteiger partial charge in [-0.1, -0.05) is 13.8 Å². The van der Waals surface area contributed by atoms with E-state index in [0.29, 0.717) is 12.0 Å². The van der Waals surface area contributed by atoms with Crippen molar-refractivity contribution < 1.29 is 9.53 Å². The van der Waals surface area contributed by atoms with Crippen LogP contribution in [0.25, 0.3) is 0 Å². The molecule has 0 aromatic heterocycles. The molecule has 0 bridgehead atoms. The molecule has 4 heteroatoms. The van der Waals surface area contributed by atoms with Crippen molar-refractivity contribution in [1.29, 1.82) is 0 Å². The largest absolute Gasteiger partial charge is 0.378 e. The van der Waals surface area contributed by atoms with Gasteiger partial charge in [0, 0.05) is 19.1 Å². The molecule has 4 nitrogen and oxygen atoms in total. The Morgan fingerprint density at radius 2 is 2.18 bits per heavy atom. The van der Waals surface area contributed by atoms with E-state index in [9.17, 15) is 4.79 Å². The molecule has 1 amide bonds. The van der Waals surface area contributed by atoms with Crippen molar-refractivity contribution in [1.82, 2.24) is 5.32 Å². The quantitative estimate of drug-likeness (QED) is 0.733. The number of carbonyl (C=O) groups excluding carboxylic acids is 1. The molecule has 2 rings (SSSR count). The van der Waals surface area contributed by atoms with Crippen LogP contribution in [0.3, 0.4) is 0 Å². The molecular formula is C13H24N2O2. The summed E-state index contributed by atoms with van der Waals surface area (Å²) in [6, 6.07) is 0.506. The van der Waals surface area contributed by atoms with Crippen molar-refractivity contribution in [2.75, 3.05) is 6.61 Å². The highest BCUT2D eigenvalue weighted by Gasteiger charge is 2.47. The Kier molecular flexibility index (Phi) is 3.73. The summed E-state index contributed by atoms with van der Waals surface area (Å²) in [6.45, 7) is 5.04. The van der Waals surface area contributed by atoms with Crippen molar-refractivity contribution in [2.24, 2.45) is 11.7 Å². The fraction of sp³-hybridized carbons (Fsp3) is 0.923. The van der Waals surface area contributed by atoms with Gasteiger partial charge in [-0.3, -0.25) is 4.79 Å². The van der Waals surface area contributed by atoms with E-state index in [-0.39, 0.29) is 12.0 Å². The molecule has 0 heterocycles. The number of nitrogens with one attached hydrogen (secondary N) is 1. The maximum absolute atomic E-state index is 11.7. The Hall–Kier alpha value is -0.610. The Balaban J connectivity index is 1.88. The normalized spacial score (nSPS) is 33.2. The third-order valence-corrected chi connectivity index (χ3v) is 3.66. The van der Waals surface area contributed by atoms with Crippen molar-refractivity contribution in [3.63, 3.8) is 0 Å². The fourth-order valence-corrected chi connectivity index (χ4v) is 2.52. The number of hydrogen-bond acceptors (Lipinski definition) is 3. The van der Waals surface area contributed by atoms with E-state index in [4.69, 9.17) is 10.5 Å². The molecule has 98 valence electrons. The van der Waals surface area contributed by atoms with Crippen LogP contribution in [0.2, 0.25) is 0 Å². The smallest absolute Gasteiger partial charge is 0.237 e. The number of hydrogen-bond donors (Lipinski definition) is 2. The van der Waals surface area contributed by atoms with Crippen LogP contribution in [0.5, 0.6) is 0 Å². The second kappa shape index (κ2) is 4.94. The molecule has 3 N–H and O–H groups in total. The molecular weight excluding hydrogens is 216 g/mol. The van der Waals surface area contributed by atoms with Gasteiger partial charge in [0.2, 0.25) is 5.91 Å².